The summed E-state index contributed by atoms with van der Waals surface area (Å²) >= 11 is 0. The molecular weight excluding hydrogens is 537 g/mol. The Morgan fingerprint density at radius 3 is 2.35 bits per heavy atom. The van der Waals surface area contributed by atoms with Crippen LogP contribution in [-0.4, -0.2) is 41.6 Å². The minimum atomic E-state index is -4.72. The number of alkyl halides is 3. The van der Waals surface area contributed by atoms with Crippen LogP contribution in [0.2, 0.25) is 0 Å². The second-order valence-corrected chi connectivity index (χ2v) is 10.9. The smallest absolute Gasteiger partial charge is 0.416 e. The van der Waals surface area contributed by atoms with Crippen molar-refractivity contribution in [2.24, 2.45) is 0 Å². The Kier molecular flexibility index (Phi) is 9.10. The normalized spacial score (nSPS) is 16.7. The molecule has 218 valence electrons. The molecule has 0 saturated heterocycles. The van der Waals surface area contributed by atoms with Crippen molar-refractivity contribution in [1.29, 1.82) is 0 Å². The van der Waals surface area contributed by atoms with Gasteiger partial charge in [0.25, 0.3) is 0 Å². The quantitative estimate of drug-likeness (QED) is 0.463. The molecule has 0 aromatic heterocycles. The van der Waals surface area contributed by atoms with E-state index in [1.807, 2.05) is 0 Å². The summed E-state index contributed by atoms with van der Waals surface area (Å²) in [5.74, 6) is -3.38. The maximum atomic E-state index is 14.8. The van der Waals surface area contributed by atoms with E-state index in [0.29, 0.717) is 6.07 Å². The third-order valence-corrected chi connectivity index (χ3v) is 6.17. The van der Waals surface area contributed by atoms with Gasteiger partial charge in [0.2, 0.25) is 11.8 Å². The van der Waals surface area contributed by atoms with Crippen molar-refractivity contribution in [3.63, 3.8) is 0 Å². The van der Waals surface area contributed by atoms with Crippen LogP contribution < -0.4 is 15.5 Å². The average Bonchev–Trinajstić information content (AvgIpc) is 2.94. The van der Waals surface area contributed by atoms with Gasteiger partial charge in [0.15, 0.2) is 0 Å². The minimum Gasteiger partial charge on any atom is -0.444 e. The number of hydrogen-bond acceptors (Lipinski definition) is 4. The number of benzene rings is 2. The molecule has 2 N–H and O–H groups in total. The standard InChI is InChI=1S/C28H32F5N3O4/c1-15(2)36-23-17(12-18(29)14-20(23)30)10-11-21(25(36)38)34-24(37)22(35-26(39)40-27(3,4)5)13-16-8-6-7-9-19(16)28(31,32)33/h6-9,12,14-15,21-22H,10-11,13H2,1-5H3,(H,34,37)(H,35,39)/t21-,22+/m0/s1. The van der Waals surface area contributed by atoms with E-state index in [9.17, 15) is 36.3 Å². The van der Waals surface area contributed by atoms with Crippen LogP contribution in [0.15, 0.2) is 36.4 Å². The van der Waals surface area contributed by atoms with E-state index in [1.54, 1.807) is 34.6 Å². The Hall–Kier alpha value is -3.70. The maximum Gasteiger partial charge on any atom is 0.416 e. The summed E-state index contributed by atoms with van der Waals surface area (Å²) in [7, 11) is 0. The third-order valence-electron chi connectivity index (χ3n) is 6.17. The first-order valence-corrected chi connectivity index (χ1v) is 12.7. The SMILES string of the molecule is CC(C)N1C(=O)[C@@H](NC(=O)[C@@H](Cc2ccccc2C(F)(F)F)NC(=O)OC(C)(C)C)CCc2cc(F)cc(F)c21. The number of carbonyl (C=O) groups excluding carboxylic acids is 3. The molecular formula is C28H32F5N3O4. The molecule has 40 heavy (non-hydrogen) atoms. The van der Waals surface area contributed by atoms with Crippen LogP contribution >= 0.6 is 0 Å². The van der Waals surface area contributed by atoms with E-state index in [-0.39, 0.29) is 29.7 Å². The lowest BCUT2D eigenvalue weighted by Gasteiger charge is -2.31. The molecule has 3 amide bonds. The van der Waals surface area contributed by atoms with Gasteiger partial charge in [0, 0.05) is 18.5 Å². The zero-order valence-corrected chi connectivity index (χ0v) is 22.8. The van der Waals surface area contributed by atoms with Crippen LogP contribution in [0.3, 0.4) is 0 Å². The molecule has 0 saturated carbocycles. The number of alkyl carbamates (subject to hydrolysis) is 1. The topological polar surface area (TPSA) is 87.7 Å². The molecule has 7 nitrogen and oxygen atoms in total. The van der Waals surface area contributed by atoms with E-state index in [4.69, 9.17) is 4.74 Å². The molecule has 12 heteroatoms. The number of anilines is 1. The van der Waals surface area contributed by atoms with Gasteiger partial charge in [0.05, 0.1) is 11.3 Å². The van der Waals surface area contributed by atoms with Gasteiger partial charge in [-0.3, -0.25) is 9.59 Å². The Morgan fingerprint density at radius 2 is 1.75 bits per heavy atom. The molecule has 0 spiro atoms. The summed E-state index contributed by atoms with van der Waals surface area (Å²) in [6, 6.07) is 3.04. The van der Waals surface area contributed by atoms with Crippen LogP contribution in [0.4, 0.5) is 32.4 Å². The van der Waals surface area contributed by atoms with Gasteiger partial charge in [-0.25, -0.2) is 13.6 Å². The fourth-order valence-corrected chi connectivity index (χ4v) is 4.55. The molecule has 1 heterocycles. The molecule has 0 unspecified atom stereocenters. The second-order valence-electron chi connectivity index (χ2n) is 10.9. The lowest BCUT2D eigenvalue weighted by Crippen LogP contribution is -2.56. The number of halogens is 5. The zero-order valence-electron chi connectivity index (χ0n) is 22.8. The minimum absolute atomic E-state index is 0.0327. The largest absolute Gasteiger partial charge is 0.444 e. The number of nitrogens with one attached hydrogen (secondary N) is 2. The number of fused-ring (bicyclic) bond motifs is 1. The number of amides is 3. The van der Waals surface area contributed by atoms with Gasteiger partial charge >= 0.3 is 12.3 Å². The Labute approximate surface area is 229 Å². The average molecular weight is 570 g/mol. The van der Waals surface area contributed by atoms with E-state index >= 15 is 0 Å². The van der Waals surface area contributed by atoms with Crippen molar-refractivity contribution in [1.82, 2.24) is 10.6 Å². The fraction of sp³-hybridized carbons (Fsp3) is 0.464. The number of aryl methyl sites for hydroxylation is 1. The lowest BCUT2D eigenvalue weighted by molar-refractivity contribution is -0.138. The van der Waals surface area contributed by atoms with E-state index in [1.165, 1.54) is 18.2 Å². The summed E-state index contributed by atoms with van der Waals surface area (Å²) in [6.07, 6.45) is -6.33. The van der Waals surface area contributed by atoms with Crippen LogP contribution in [-0.2, 0) is 33.3 Å². The Balaban J connectivity index is 1.93. The van der Waals surface area contributed by atoms with E-state index < -0.39 is 71.4 Å². The molecule has 3 rings (SSSR count). The zero-order chi connectivity index (χ0) is 30.0. The number of carbonyl (C=O) groups is 3. The summed E-state index contributed by atoms with van der Waals surface area (Å²) in [5.41, 5.74) is -2.07. The molecule has 0 fully saturated rings. The van der Waals surface area contributed by atoms with Gasteiger partial charge in [-0.2, -0.15) is 13.2 Å². The van der Waals surface area contributed by atoms with Gasteiger partial charge in [-0.15, -0.1) is 0 Å². The highest BCUT2D eigenvalue weighted by Crippen LogP contribution is 2.34. The van der Waals surface area contributed by atoms with Crippen molar-refractivity contribution in [2.45, 2.75) is 83.8 Å². The highest BCUT2D eigenvalue weighted by Gasteiger charge is 2.38. The van der Waals surface area contributed by atoms with Gasteiger partial charge in [-0.05, 0) is 70.7 Å². The van der Waals surface area contributed by atoms with E-state index in [0.717, 1.165) is 17.0 Å². The Morgan fingerprint density at radius 1 is 1.10 bits per heavy atom. The van der Waals surface area contributed by atoms with E-state index in [2.05, 4.69) is 10.6 Å². The summed E-state index contributed by atoms with van der Waals surface area (Å²) in [5, 5.41) is 4.82. The lowest BCUT2D eigenvalue weighted by atomic mass is 9.98. The molecule has 2 aromatic carbocycles. The van der Waals surface area contributed by atoms with Crippen LogP contribution in [0, 0.1) is 11.6 Å². The summed E-state index contributed by atoms with van der Waals surface area (Å²) < 4.78 is 74.9. The van der Waals surface area contributed by atoms with Crippen molar-refractivity contribution in [3.8, 4) is 0 Å². The number of rotatable bonds is 6. The first-order chi connectivity index (χ1) is 18.5. The molecule has 2 atom stereocenters. The van der Waals surface area contributed by atoms with Crippen molar-refractivity contribution >= 4 is 23.6 Å². The summed E-state index contributed by atoms with van der Waals surface area (Å²) in [4.78, 5) is 40.6. The van der Waals surface area contributed by atoms with Crippen LogP contribution in [0.5, 0.6) is 0 Å². The molecule has 0 radical (unpaired) electrons. The second kappa shape index (κ2) is 11.8. The first kappa shape index (κ1) is 30.8. The van der Waals surface area contributed by atoms with Crippen LogP contribution in [0.1, 0.15) is 57.7 Å². The molecule has 1 aliphatic rings. The van der Waals surface area contributed by atoms with Crippen LogP contribution in [0.25, 0.3) is 0 Å². The predicted octanol–water partition coefficient (Wildman–Crippen LogP) is 5.29. The maximum absolute atomic E-state index is 14.8. The number of nitrogens with zero attached hydrogens (tertiary/aromatic N) is 1. The first-order valence-electron chi connectivity index (χ1n) is 12.7. The molecule has 0 bridgehead atoms. The van der Waals surface area contributed by atoms with Crippen molar-refractivity contribution in [3.05, 3.63) is 64.7 Å². The molecule has 1 aliphatic heterocycles. The highest BCUT2D eigenvalue weighted by molar-refractivity contribution is 6.01. The molecule has 0 aliphatic carbocycles. The molecule has 2 aromatic rings. The fourth-order valence-electron chi connectivity index (χ4n) is 4.55. The summed E-state index contributed by atoms with van der Waals surface area (Å²) in [6.45, 7) is 7.96. The number of hydrogen-bond donors (Lipinski definition) is 2. The highest BCUT2D eigenvalue weighted by atomic mass is 19.4. The van der Waals surface area contributed by atoms with Gasteiger partial charge in [0.1, 0.15) is 29.3 Å². The van der Waals surface area contributed by atoms with Crippen molar-refractivity contribution in [2.75, 3.05) is 4.90 Å². The monoisotopic (exact) mass is 569 g/mol. The Bertz CT molecular complexity index is 1270. The van der Waals surface area contributed by atoms with Gasteiger partial charge in [-0.1, -0.05) is 18.2 Å². The predicted molar refractivity (Wildman–Crippen MR) is 138 cm³/mol. The van der Waals surface area contributed by atoms with Crippen molar-refractivity contribution < 1.29 is 41.1 Å². The number of ether oxygens (including phenoxy) is 1. The van der Waals surface area contributed by atoms with Gasteiger partial charge < -0.3 is 20.3 Å². The third kappa shape index (κ3) is 7.48.